The number of hydrogen-bond donors (Lipinski definition) is 1. The van der Waals surface area contributed by atoms with Crippen molar-refractivity contribution in [2.24, 2.45) is 0 Å². The van der Waals surface area contributed by atoms with Gasteiger partial charge in [0, 0.05) is 23.3 Å². The van der Waals surface area contributed by atoms with Gasteiger partial charge in [-0.1, -0.05) is 13.8 Å². The lowest BCUT2D eigenvalue weighted by molar-refractivity contribution is -0.137. The maximum Gasteiger partial charge on any atom is 0.416 e. The third-order valence-electron chi connectivity index (χ3n) is 5.02. The highest BCUT2D eigenvalue weighted by atomic mass is 19.4. The molecule has 0 spiro atoms. The van der Waals surface area contributed by atoms with Gasteiger partial charge in [-0.2, -0.15) is 18.3 Å². The number of halogens is 3. The summed E-state index contributed by atoms with van der Waals surface area (Å²) < 4.78 is 42.1. The van der Waals surface area contributed by atoms with Crippen LogP contribution in [0.4, 0.5) is 18.9 Å². The van der Waals surface area contributed by atoms with Crippen LogP contribution in [0.2, 0.25) is 0 Å². The lowest BCUT2D eigenvalue weighted by Crippen LogP contribution is -2.31. The molecular formula is C21H19F3N6O2. The first-order valence-corrected chi connectivity index (χ1v) is 9.78. The zero-order valence-electron chi connectivity index (χ0n) is 17.4. The number of benzene rings is 1. The van der Waals surface area contributed by atoms with Crippen molar-refractivity contribution in [3.63, 3.8) is 0 Å². The van der Waals surface area contributed by atoms with Gasteiger partial charge in [0.05, 0.1) is 16.6 Å². The van der Waals surface area contributed by atoms with E-state index in [1.807, 2.05) is 0 Å². The molecule has 0 radical (unpaired) electrons. The first-order chi connectivity index (χ1) is 15.0. The summed E-state index contributed by atoms with van der Waals surface area (Å²) in [4.78, 5) is 25.4. The third kappa shape index (κ3) is 3.93. The van der Waals surface area contributed by atoms with Gasteiger partial charge in [0.15, 0.2) is 5.65 Å². The molecule has 166 valence electrons. The molecule has 0 unspecified atom stereocenters. The van der Waals surface area contributed by atoms with E-state index >= 15 is 0 Å². The molecule has 8 nitrogen and oxygen atoms in total. The van der Waals surface area contributed by atoms with Crippen molar-refractivity contribution in [3.8, 4) is 0 Å². The Morgan fingerprint density at radius 3 is 2.56 bits per heavy atom. The Morgan fingerprint density at radius 2 is 1.88 bits per heavy atom. The number of amides is 1. The van der Waals surface area contributed by atoms with E-state index in [1.54, 1.807) is 43.5 Å². The van der Waals surface area contributed by atoms with Gasteiger partial charge in [-0.25, -0.2) is 4.68 Å². The smallest absolute Gasteiger partial charge is 0.324 e. The summed E-state index contributed by atoms with van der Waals surface area (Å²) >= 11 is 0. The maximum atomic E-state index is 13.1. The van der Waals surface area contributed by atoms with Gasteiger partial charge >= 0.3 is 6.18 Å². The number of aryl methyl sites for hydroxylation is 1. The average Bonchev–Trinajstić information content (AvgIpc) is 3.09. The number of carbonyl (C=O) groups excluding carboxylic acids is 1. The second-order valence-electron chi connectivity index (χ2n) is 7.70. The molecule has 0 aliphatic carbocycles. The molecule has 32 heavy (non-hydrogen) atoms. The first-order valence-electron chi connectivity index (χ1n) is 9.78. The molecule has 11 heteroatoms. The number of anilines is 1. The molecule has 0 aliphatic heterocycles. The molecule has 1 amide bonds. The molecule has 0 aliphatic rings. The molecular weight excluding hydrogens is 425 g/mol. The second-order valence-corrected chi connectivity index (χ2v) is 7.70. The lowest BCUT2D eigenvalue weighted by Gasteiger charge is -2.15. The molecule has 4 aromatic rings. The SMILES string of the molecule is Cc1nnc2cc(NC(=O)Cn3nc(C(C)C)c4cc(C(F)(F)F)ccc4c3=O)ccn12. The maximum absolute atomic E-state index is 13.1. The van der Waals surface area contributed by atoms with Crippen molar-refractivity contribution >= 4 is 28.0 Å². The van der Waals surface area contributed by atoms with Crippen LogP contribution in [0.1, 0.15) is 36.8 Å². The Kier molecular flexibility index (Phi) is 5.19. The Balaban J connectivity index is 1.67. The van der Waals surface area contributed by atoms with Crippen LogP contribution >= 0.6 is 0 Å². The van der Waals surface area contributed by atoms with Gasteiger partial charge in [0.2, 0.25) is 5.91 Å². The number of carbonyl (C=O) groups is 1. The molecule has 0 fully saturated rings. The fourth-order valence-corrected chi connectivity index (χ4v) is 3.45. The normalized spacial score (nSPS) is 12.1. The van der Waals surface area contributed by atoms with E-state index in [4.69, 9.17) is 0 Å². The van der Waals surface area contributed by atoms with E-state index < -0.39 is 29.8 Å². The molecule has 0 saturated carbocycles. The molecule has 0 atom stereocenters. The second kappa shape index (κ2) is 7.74. The highest BCUT2D eigenvalue weighted by Crippen LogP contribution is 2.32. The van der Waals surface area contributed by atoms with Gasteiger partial charge in [-0.05, 0) is 37.1 Å². The van der Waals surface area contributed by atoms with E-state index in [1.165, 1.54) is 0 Å². The summed E-state index contributed by atoms with van der Waals surface area (Å²) in [6.45, 7) is 4.91. The van der Waals surface area contributed by atoms with Crippen LogP contribution < -0.4 is 10.9 Å². The van der Waals surface area contributed by atoms with E-state index in [9.17, 15) is 22.8 Å². The zero-order valence-corrected chi connectivity index (χ0v) is 17.4. The monoisotopic (exact) mass is 444 g/mol. The summed E-state index contributed by atoms with van der Waals surface area (Å²) in [5.74, 6) is -0.0877. The van der Waals surface area contributed by atoms with Crippen LogP contribution in [-0.2, 0) is 17.5 Å². The minimum absolute atomic E-state index is 0.0739. The number of fused-ring (bicyclic) bond motifs is 2. The minimum atomic E-state index is -4.54. The van der Waals surface area contributed by atoms with E-state index in [2.05, 4.69) is 20.6 Å². The number of rotatable bonds is 4. The van der Waals surface area contributed by atoms with Crippen molar-refractivity contribution in [1.82, 2.24) is 24.4 Å². The van der Waals surface area contributed by atoms with Gasteiger partial charge < -0.3 is 5.32 Å². The van der Waals surface area contributed by atoms with Crippen LogP contribution in [0.3, 0.4) is 0 Å². The van der Waals surface area contributed by atoms with Gasteiger partial charge in [0.1, 0.15) is 12.4 Å². The van der Waals surface area contributed by atoms with Gasteiger partial charge in [-0.3, -0.25) is 14.0 Å². The van der Waals surface area contributed by atoms with Crippen LogP contribution in [0, 0.1) is 6.92 Å². The molecule has 4 rings (SSSR count). The van der Waals surface area contributed by atoms with E-state index in [-0.39, 0.29) is 16.7 Å². The molecule has 1 aromatic carbocycles. The number of alkyl halides is 3. The number of nitrogens with one attached hydrogen (secondary N) is 1. The van der Waals surface area contributed by atoms with Crippen molar-refractivity contribution in [1.29, 1.82) is 0 Å². The van der Waals surface area contributed by atoms with Crippen molar-refractivity contribution in [2.75, 3.05) is 5.32 Å². The van der Waals surface area contributed by atoms with E-state index in [0.29, 0.717) is 22.9 Å². The van der Waals surface area contributed by atoms with E-state index in [0.717, 1.165) is 22.9 Å². The number of nitrogens with zero attached hydrogens (tertiary/aromatic N) is 5. The Hall–Kier alpha value is -3.76. The van der Waals surface area contributed by atoms with Crippen molar-refractivity contribution < 1.29 is 18.0 Å². The van der Waals surface area contributed by atoms with Crippen LogP contribution in [0.15, 0.2) is 41.3 Å². The quantitative estimate of drug-likeness (QED) is 0.520. The largest absolute Gasteiger partial charge is 0.416 e. The predicted octanol–water partition coefficient (Wildman–Crippen LogP) is 3.53. The Bertz CT molecular complexity index is 1400. The molecule has 3 heterocycles. The Labute approximate surface area is 179 Å². The molecule has 1 N–H and O–H groups in total. The fourth-order valence-electron chi connectivity index (χ4n) is 3.45. The third-order valence-corrected chi connectivity index (χ3v) is 5.02. The molecule has 3 aromatic heterocycles. The lowest BCUT2D eigenvalue weighted by atomic mass is 10.0. The number of hydrogen-bond acceptors (Lipinski definition) is 5. The van der Waals surface area contributed by atoms with Crippen molar-refractivity contribution in [2.45, 2.75) is 39.4 Å². The van der Waals surface area contributed by atoms with Crippen molar-refractivity contribution in [3.05, 3.63) is 64.0 Å². The summed E-state index contributed by atoms with van der Waals surface area (Å²) in [7, 11) is 0. The van der Waals surface area contributed by atoms with Crippen LogP contribution in [0.25, 0.3) is 16.4 Å². The minimum Gasteiger partial charge on any atom is -0.324 e. The van der Waals surface area contributed by atoms with Gasteiger partial charge in [-0.15, -0.1) is 10.2 Å². The number of pyridine rings is 1. The first kappa shape index (κ1) is 21.5. The zero-order chi connectivity index (χ0) is 23.2. The Morgan fingerprint density at radius 1 is 1.12 bits per heavy atom. The van der Waals surface area contributed by atoms with Gasteiger partial charge in [0.25, 0.3) is 5.56 Å². The van der Waals surface area contributed by atoms with Crippen LogP contribution in [0.5, 0.6) is 0 Å². The highest BCUT2D eigenvalue weighted by molar-refractivity contribution is 5.91. The molecule has 0 saturated heterocycles. The standard InChI is InChI=1S/C21H19F3N6O2/c1-11(2)19-16-8-13(21(22,23)24)4-5-15(16)20(32)30(28-19)10-18(31)25-14-6-7-29-12(3)26-27-17(29)9-14/h4-9,11H,10H2,1-3H3,(H,25,31). The predicted molar refractivity (Wildman–Crippen MR) is 111 cm³/mol. The summed E-state index contributed by atoms with van der Waals surface area (Å²) in [5.41, 5.74) is -0.190. The average molecular weight is 444 g/mol. The highest BCUT2D eigenvalue weighted by Gasteiger charge is 2.31. The van der Waals surface area contributed by atoms with Crippen LogP contribution in [-0.4, -0.2) is 30.3 Å². The number of aromatic nitrogens is 5. The topological polar surface area (TPSA) is 94.2 Å². The fraction of sp³-hybridized carbons (Fsp3) is 0.286. The summed E-state index contributed by atoms with van der Waals surface area (Å²) in [6.07, 6.45) is -2.84. The molecule has 0 bridgehead atoms. The summed E-state index contributed by atoms with van der Waals surface area (Å²) in [6, 6.07) is 6.21. The summed E-state index contributed by atoms with van der Waals surface area (Å²) in [5, 5.41) is 15.0.